The van der Waals surface area contributed by atoms with Crippen LogP contribution in [0.1, 0.15) is 72.1 Å². The Bertz CT molecular complexity index is 203. The fourth-order valence-corrected chi connectivity index (χ4v) is 2.86. The molecule has 114 valence electrons. The van der Waals surface area contributed by atoms with Crippen molar-refractivity contribution in [3.05, 3.63) is 12.7 Å². The molecule has 0 aliphatic rings. The van der Waals surface area contributed by atoms with E-state index in [1.54, 1.807) is 0 Å². The van der Waals surface area contributed by atoms with Gasteiger partial charge in [-0.25, -0.2) is 0 Å². The van der Waals surface area contributed by atoms with Crippen LogP contribution in [0, 0.1) is 0 Å². The van der Waals surface area contributed by atoms with Crippen LogP contribution in [0.4, 0.5) is 0 Å². The highest BCUT2D eigenvalue weighted by Crippen LogP contribution is 2.27. The Hall–Kier alpha value is -0.340. The molecule has 0 bridgehead atoms. The van der Waals surface area contributed by atoms with Gasteiger partial charge in [-0.1, -0.05) is 39.7 Å². The van der Waals surface area contributed by atoms with Gasteiger partial charge in [0.15, 0.2) is 0 Å². The molecule has 19 heavy (non-hydrogen) atoms. The third-order valence-electron chi connectivity index (χ3n) is 4.28. The predicted molar refractivity (Wildman–Crippen MR) is 85.7 cm³/mol. The number of rotatable bonds is 13. The lowest BCUT2D eigenvalue weighted by Crippen LogP contribution is -2.51. The van der Waals surface area contributed by atoms with Gasteiger partial charge in [-0.05, 0) is 45.1 Å². The van der Waals surface area contributed by atoms with Gasteiger partial charge in [-0.2, -0.15) is 0 Å². The molecule has 1 unspecified atom stereocenters. The number of hydrogen-bond acceptors (Lipinski definition) is 2. The third-order valence-corrected chi connectivity index (χ3v) is 4.28. The van der Waals surface area contributed by atoms with Crippen molar-refractivity contribution in [1.29, 1.82) is 0 Å². The molecule has 0 heterocycles. The maximum atomic E-state index is 5.89. The van der Waals surface area contributed by atoms with Gasteiger partial charge in [0.2, 0.25) is 0 Å². The van der Waals surface area contributed by atoms with Crippen LogP contribution in [0.5, 0.6) is 0 Å². The molecule has 0 radical (unpaired) electrons. The first-order chi connectivity index (χ1) is 9.20. The highest BCUT2D eigenvalue weighted by Gasteiger charge is 2.34. The molecule has 0 aromatic rings. The van der Waals surface area contributed by atoms with Crippen LogP contribution in [0.2, 0.25) is 0 Å². The van der Waals surface area contributed by atoms with Crippen molar-refractivity contribution in [2.24, 2.45) is 0 Å². The third kappa shape index (κ3) is 6.58. The molecule has 0 fully saturated rings. The average molecular weight is 269 g/mol. The summed E-state index contributed by atoms with van der Waals surface area (Å²) in [5.74, 6) is 0. The minimum Gasteiger partial charge on any atom is -0.377 e. The maximum absolute atomic E-state index is 5.89. The second-order valence-electron chi connectivity index (χ2n) is 5.41. The molecular formula is C17H35NO. The van der Waals surface area contributed by atoms with E-state index in [2.05, 4.69) is 32.7 Å². The van der Waals surface area contributed by atoms with Gasteiger partial charge >= 0.3 is 0 Å². The Morgan fingerprint density at radius 1 is 1.16 bits per heavy atom. The van der Waals surface area contributed by atoms with E-state index in [4.69, 9.17) is 4.74 Å². The lowest BCUT2D eigenvalue weighted by molar-refractivity contribution is -0.0498. The first-order valence-electron chi connectivity index (χ1n) is 8.10. The molecule has 0 saturated carbocycles. The number of unbranched alkanes of at least 4 members (excludes halogenated alkanes) is 3. The van der Waals surface area contributed by atoms with Crippen molar-refractivity contribution in [3.8, 4) is 0 Å². The van der Waals surface area contributed by atoms with Crippen LogP contribution in [0.3, 0.4) is 0 Å². The van der Waals surface area contributed by atoms with Crippen LogP contribution < -0.4 is 5.32 Å². The fourth-order valence-electron chi connectivity index (χ4n) is 2.86. The number of allylic oxidation sites excluding steroid dienone is 1. The molecule has 0 saturated heterocycles. The van der Waals surface area contributed by atoms with E-state index >= 15 is 0 Å². The van der Waals surface area contributed by atoms with E-state index in [-0.39, 0.29) is 5.60 Å². The molecule has 0 aliphatic carbocycles. The van der Waals surface area contributed by atoms with Gasteiger partial charge in [0.05, 0.1) is 5.60 Å². The zero-order valence-electron chi connectivity index (χ0n) is 13.6. The molecule has 0 aromatic carbocycles. The number of nitrogens with one attached hydrogen (secondary N) is 1. The van der Waals surface area contributed by atoms with E-state index < -0.39 is 0 Å². The molecule has 1 N–H and O–H groups in total. The quantitative estimate of drug-likeness (QED) is 0.387. The Morgan fingerprint density at radius 3 is 2.32 bits per heavy atom. The molecule has 2 nitrogen and oxygen atoms in total. The predicted octanol–water partition coefficient (Wildman–Crippen LogP) is 4.70. The van der Waals surface area contributed by atoms with Gasteiger partial charge < -0.3 is 10.1 Å². The lowest BCUT2D eigenvalue weighted by atomic mass is 9.84. The van der Waals surface area contributed by atoms with Crippen LogP contribution in [-0.2, 0) is 4.74 Å². The Labute approximate surface area is 121 Å². The summed E-state index contributed by atoms with van der Waals surface area (Å²) in [6.07, 6.45) is 11.6. The van der Waals surface area contributed by atoms with E-state index in [1.165, 1.54) is 32.1 Å². The van der Waals surface area contributed by atoms with Crippen molar-refractivity contribution in [3.63, 3.8) is 0 Å². The molecule has 0 rings (SSSR count). The first kappa shape index (κ1) is 18.7. The zero-order chi connectivity index (χ0) is 14.6. The highest BCUT2D eigenvalue weighted by atomic mass is 16.5. The van der Waals surface area contributed by atoms with Crippen molar-refractivity contribution in [2.45, 2.75) is 83.8 Å². The molecule has 1 atom stereocenters. The minimum atomic E-state index is 0.00755. The zero-order valence-corrected chi connectivity index (χ0v) is 13.6. The molecule has 0 aromatic heterocycles. The monoisotopic (exact) mass is 269 g/mol. The van der Waals surface area contributed by atoms with Gasteiger partial charge in [0, 0.05) is 13.2 Å². The van der Waals surface area contributed by atoms with Gasteiger partial charge in [-0.15, -0.1) is 6.58 Å². The Kier molecular flexibility index (Phi) is 11.3. The van der Waals surface area contributed by atoms with Gasteiger partial charge in [0.25, 0.3) is 0 Å². The SMILES string of the molecule is C=CCCCCCC(NCCC)C(CC)(CC)OC. The number of methoxy groups -OCH3 is 1. The van der Waals surface area contributed by atoms with Crippen molar-refractivity contribution in [2.75, 3.05) is 13.7 Å². The normalized spacial score (nSPS) is 13.5. The van der Waals surface area contributed by atoms with E-state index in [0.717, 1.165) is 25.8 Å². The average Bonchev–Trinajstić information content (AvgIpc) is 2.45. The first-order valence-corrected chi connectivity index (χ1v) is 8.10. The van der Waals surface area contributed by atoms with Crippen LogP contribution in [-0.4, -0.2) is 25.3 Å². The highest BCUT2D eigenvalue weighted by molar-refractivity contribution is 4.91. The van der Waals surface area contributed by atoms with Crippen LogP contribution in [0.15, 0.2) is 12.7 Å². The fraction of sp³-hybridized carbons (Fsp3) is 0.882. The second-order valence-corrected chi connectivity index (χ2v) is 5.41. The molecule has 0 aliphatic heterocycles. The van der Waals surface area contributed by atoms with Crippen molar-refractivity contribution < 1.29 is 4.74 Å². The summed E-state index contributed by atoms with van der Waals surface area (Å²) < 4.78 is 5.89. The van der Waals surface area contributed by atoms with E-state index in [9.17, 15) is 0 Å². The molecule has 0 spiro atoms. The van der Waals surface area contributed by atoms with Crippen LogP contribution in [0.25, 0.3) is 0 Å². The maximum Gasteiger partial charge on any atom is 0.0825 e. The largest absolute Gasteiger partial charge is 0.377 e. The van der Waals surface area contributed by atoms with Gasteiger partial charge in [-0.3, -0.25) is 0 Å². The van der Waals surface area contributed by atoms with Crippen molar-refractivity contribution >= 4 is 0 Å². The van der Waals surface area contributed by atoms with E-state index in [1.807, 2.05) is 13.2 Å². The number of hydrogen-bond donors (Lipinski definition) is 1. The van der Waals surface area contributed by atoms with Crippen molar-refractivity contribution in [1.82, 2.24) is 5.32 Å². The summed E-state index contributed by atoms with van der Waals surface area (Å²) >= 11 is 0. The Morgan fingerprint density at radius 2 is 1.84 bits per heavy atom. The Balaban J connectivity index is 4.37. The number of ether oxygens (including phenoxy) is 1. The smallest absolute Gasteiger partial charge is 0.0825 e. The molecule has 2 heteroatoms. The van der Waals surface area contributed by atoms with E-state index in [0.29, 0.717) is 6.04 Å². The summed E-state index contributed by atoms with van der Waals surface area (Å²) in [6.45, 7) is 11.6. The minimum absolute atomic E-state index is 0.00755. The molecular weight excluding hydrogens is 234 g/mol. The van der Waals surface area contributed by atoms with Gasteiger partial charge in [0.1, 0.15) is 0 Å². The molecule has 0 amide bonds. The summed E-state index contributed by atoms with van der Waals surface area (Å²) in [7, 11) is 1.87. The summed E-state index contributed by atoms with van der Waals surface area (Å²) in [5, 5.41) is 3.71. The van der Waals surface area contributed by atoms with Crippen LogP contribution >= 0.6 is 0 Å². The summed E-state index contributed by atoms with van der Waals surface area (Å²) in [5.41, 5.74) is 0.00755. The summed E-state index contributed by atoms with van der Waals surface area (Å²) in [4.78, 5) is 0. The summed E-state index contributed by atoms with van der Waals surface area (Å²) in [6, 6.07) is 0.483. The topological polar surface area (TPSA) is 21.3 Å². The second kappa shape index (κ2) is 11.5. The standard InChI is InChI=1S/C17H35NO/c1-6-10-11-12-13-14-16(18-15-7-2)17(8-3,9-4)19-5/h6,16,18H,1,7-15H2,2-5H3. The lowest BCUT2D eigenvalue weighted by Gasteiger charge is -2.39.